The lowest BCUT2D eigenvalue weighted by atomic mass is 10.1. The van der Waals surface area contributed by atoms with Crippen LogP contribution in [0.2, 0.25) is 0 Å². The summed E-state index contributed by atoms with van der Waals surface area (Å²) >= 11 is 0. The van der Waals surface area contributed by atoms with Crippen molar-refractivity contribution in [2.45, 2.75) is 13.5 Å². The number of hydrogen-bond acceptors (Lipinski definition) is 3. The first-order chi connectivity index (χ1) is 9.08. The van der Waals surface area contributed by atoms with Gasteiger partial charge < -0.3 is 15.5 Å². The van der Waals surface area contributed by atoms with Gasteiger partial charge in [0.05, 0.1) is 0 Å². The summed E-state index contributed by atoms with van der Waals surface area (Å²) in [5, 5.41) is 21.8. The van der Waals surface area contributed by atoms with Gasteiger partial charge in [0.15, 0.2) is 0 Å². The van der Waals surface area contributed by atoms with Crippen molar-refractivity contribution in [3.63, 3.8) is 0 Å². The van der Waals surface area contributed by atoms with Gasteiger partial charge in [-0.05, 0) is 24.6 Å². The zero-order valence-electron chi connectivity index (χ0n) is 10.6. The fourth-order valence-electron chi connectivity index (χ4n) is 1.85. The van der Waals surface area contributed by atoms with Crippen LogP contribution in [0.1, 0.15) is 21.5 Å². The summed E-state index contributed by atoms with van der Waals surface area (Å²) in [6.45, 7) is 2.31. The second-order valence-electron chi connectivity index (χ2n) is 4.34. The maximum Gasteiger partial charge on any atom is 0.259 e. The molecule has 4 heteroatoms. The first kappa shape index (κ1) is 13.0. The number of amides is 1. The zero-order chi connectivity index (χ0) is 13.8. The number of rotatable bonds is 3. The van der Waals surface area contributed by atoms with E-state index in [1.54, 1.807) is 0 Å². The minimum absolute atomic E-state index is 0.102. The highest BCUT2D eigenvalue weighted by molar-refractivity contribution is 5.99. The van der Waals surface area contributed by atoms with E-state index in [1.165, 1.54) is 18.2 Å². The predicted molar refractivity (Wildman–Crippen MR) is 72.1 cm³/mol. The average molecular weight is 257 g/mol. The van der Waals surface area contributed by atoms with Crippen LogP contribution >= 0.6 is 0 Å². The van der Waals surface area contributed by atoms with Gasteiger partial charge >= 0.3 is 0 Å². The summed E-state index contributed by atoms with van der Waals surface area (Å²) in [5.74, 6) is -0.972. The van der Waals surface area contributed by atoms with Gasteiger partial charge in [-0.3, -0.25) is 4.79 Å². The molecular formula is C15H15NO3. The smallest absolute Gasteiger partial charge is 0.259 e. The molecule has 0 heterocycles. The Morgan fingerprint density at radius 2 is 1.74 bits per heavy atom. The minimum Gasteiger partial charge on any atom is -0.507 e. The van der Waals surface area contributed by atoms with Crippen LogP contribution in [-0.4, -0.2) is 16.1 Å². The van der Waals surface area contributed by atoms with E-state index in [-0.39, 0.29) is 17.1 Å². The van der Waals surface area contributed by atoms with E-state index in [2.05, 4.69) is 5.32 Å². The number of carbonyl (C=O) groups excluding carboxylic acids is 1. The zero-order valence-corrected chi connectivity index (χ0v) is 10.6. The third-order valence-electron chi connectivity index (χ3n) is 2.78. The molecule has 0 aliphatic heterocycles. The standard InChI is InChI=1S/C15H15NO3/c1-10-4-2-5-11(8-10)9-16-15(19)14-12(17)6-3-7-13(14)18/h2-8,17-18H,9H2,1H3,(H,16,19). The van der Waals surface area contributed by atoms with Crippen LogP contribution in [0.15, 0.2) is 42.5 Å². The van der Waals surface area contributed by atoms with E-state index in [9.17, 15) is 15.0 Å². The van der Waals surface area contributed by atoms with Gasteiger partial charge in [0, 0.05) is 6.54 Å². The fraction of sp³-hybridized carbons (Fsp3) is 0.133. The molecule has 2 rings (SSSR count). The molecular weight excluding hydrogens is 242 g/mol. The SMILES string of the molecule is Cc1cccc(CNC(=O)c2c(O)cccc2O)c1. The molecule has 0 saturated carbocycles. The Morgan fingerprint density at radius 3 is 2.37 bits per heavy atom. The van der Waals surface area contributed by atoms with Crippen molar-refractivity contribution in [1.82, 2.24) is 5.32 Å². The molecule has 1 amide bonds. The maximum absolute atomic E-state index is 11.9. The molecule has 2 aromatic carbocycles. The highest BCUT2D eigenvalue weighted by atomic mass is 16.3. The molecule has 0 unspecified atom stereocenters. The molecule has 3 N–H and O–H groups in total. The number of aromatic hydroxyl groups is 2. The van der Waals surface area contributed by atoms with E-state index < -0.39 is 5.91 Å². The van der Waals surface area contributed by atoms with Crippen LogP contribution < -0.4 is 5.32 Å². The number of benzene rings is 2. The Kier molecular flexibility index (Phi) is 3.71. The second-order valence-corrected chi connectivity index (χ2v) is 4.34. The van der Waals surface area contributed by atoms with Gasteiger partial charge in [-0.2, -0.15) is 0 Å². The molecule has 0 spiro atoms. The lowest BCUT2D eigenvalue weighted by Gasteiger charge is -2.08. The lowest BCUT2D eigenvalue weighted by molar-refractivity contribution is 0.0945. The van der Waals surface area contributed by atoms with Crippen LogP contribution in [0.3, 0.4) is 0 Å². The molecule has 2 aromatic rings. The van der Waals surface area contributed by atoms with Crippen molar-refractivity contribution in [2.24, 2.45) is 0 Å². The molecule has 0 aliphatic rings. The molecule has 0 aliphatic carbocycles. The van der Waals surface area contributed by atoms with Gasteiger partial charge in [0.2, 0.25) is 0 Å². The highest BCUT2D eigenvalue weighted by Gasteiger charge is 2.15. The third kappa shape index (κ3) is 3.04. The van der Waals surface area contributed by atoms with Gasteiger partial charge in [-0.15, -0.1) is 0 Å². The molecule has 98 valence electrons. The topological polar surface area (TPSA) is 69.6 Å². The van der Waals surface area contributed by atoms with Gasteiger partial charge in [-0.1, -0.05) is 35.9 Å². The first-order valence-corrected chi connectivity index (χ1v) is 5.92. The summed E-state index contributed by atoms with van der Waals surface area (Å²) in [4.78, 5) is 11.9. The molecule has 19 heavy (non-hydrogen) atoms. The fourth-order valence-corrected chi connectivity index (χ4v) is 1.85. The van der Waals surface area contributed by atoms with Gasteiger partial charge in [0.25, 0.3) is 5.91 Å². The number of aryl methyl sites for hydroxylation is 1. The first-order valence-electron chi connectivity index (χ1n) is 5.92. The predicted octanol–water partition coefficient (Wildman–Crippen LogP) is 2.34. The number of phenolic OH excluding ortho intramolecular Hbond substituents is 2. The van der Waals surface area contributed by atoms with Crippen LogP contribution in [-0.2, 0) is 6.54 Å². The normalized spacial score (nSPS) is 10.2. The molecule has 4 nitrogen and oxygen atoms in total. The summed E-state index contributed by atoms with van der Waals surface area (Å²) < 4.78 is 0. The van der Waals surface area contributed by atoms with Crippen LogP contribution in [0.5, 0.6) is 11.5 Å². The molecule has 0 saturated heterocycles. The van der Waals surface area contributed by atoms with Crippen molar-refractivity contribution < 1.29 is 15.0 Å². The third-order valence-corrected chi connectivity index (χ3v) is 2.78. The van der Waals surface area contributed by atoms with E-state index in [0.29, 0.717) is 6.54 Å². The van der Waals surface area contributed by atoms with Gasteiger partial charge in [-0.25, -0.2) is 0 Å². The van der Waals surface area contributed by atoms with Crippen molar-refractivity contribution in [3.05, 3.63) is 59.2 Å². The Bertz CT molecular complexity index is 588. The van der Waals surface area contributed by atoms with E-state index >= 15 is 0 Å². The Labute approximate surface area is 111 Å². The Balaban J connectivity index is 2.10. The number of phenols is 2. The minimum atomic E-state index is -0.503. The Hall–Kier alpha value is -2.49. The quantitative estimate of drug-likeness (QED) is 0.790. The summed E-state index contributed by atoms with van der Waals surface area (Å²) in [6.07, 6.45) is 0. The lowest BCUT2D eigenvalue weighted by Crippen LogP contribution is -2.23. The molecule has 0 atom stereocenters. The van der Waals surface area contributed by atoms with Crippen LogP contribution in [0.25, 0.3) is 0 Å². The van der Waals surface area contributed by atoms with Crippen molar-refractivity contribution in [2.75, 3.05) is 0 Å². The summed E-state index contributed by atoms with van der Waals surface area (Å²) in [5.41, 5.74) is 1.97. The second kappa shape index (κ2) is 5.44. The van der Waals surface area contributed by atoms with Crippen molar-refractivity contribution in [3.8, 4) is 11.5 Å². The molecule has 0 fully saturated rings. The van der Waals surface area contributed by atoms with E-state index in [0.717, 1.165) is 11.1 Å². The van der Waals surface area contributed by atoms with Crippen molar-refractivity contribution >= 4 is 5.91 Å². The number of carbonyl (C=O) groups is 1. The summed E-state index contributed by atoms with van der Waals surface area (Å²) in [7, 11) is 0. The van der Waals surface area contributed by atoms with Crippen LogP contribution in [0, 0.1) is 6.92 Å². The summed E-state index contributed by atoms with van der Waals surface area (Å²) in [6, 6.07) is 11.9. The molecule has 0 bridgehead atoms. The van der Waals surface area contributed by atoms with Crippen molar-refractivity contribution in [1.29, 1.82) is 0 Å². The molecule has 0 radical (unpaired) electrons. The maximum atomic E-state index is 11.9. The monoisotopic (exact) mass is 257 g/mol. The average Bonchev–Trinajstić information content (AvgIpc) is 2.36. The number of hydrogen-bond donors (Lipinski definition) is 3. The highest BCUT2D eigenvalue weighted by Crippen LogP contribution is 2.25. The Morgan fingerprint density at radius 1 is 1.11 bits per heavy atom. The van der Waals surface area contributed by atoms with E-state index in [4.69, 9.17) is 0 Å². The molecule has 0 aromatic heterocycles. The van der Waals surface area contributed by atoms with Crippen LogP contribution in [0.4, 0.5) is 0 Å². The van der Waals surface area contributed by atoms with Gasteiger partial charge in [0.1, 0.15) is 17.1 Å². The largest absolute Gasteiger partial charge is 0.507 e. The number of nitrogens with one attached hydrogen (secondary N) is 1. The van der Waals surface area contributed by atoms with E-state index in [1.807, 2.05) is 31.2 Å².